The summed E-state index contributed by atoms with van der Waals surface area (Å²) in [6, 6.07) is 11.6. The number of benzene rings is 2. The number of allylic oxidation sites excluding steroid dienone is 1. The maximum Gasteiger partial charge on any atom is 0.286 e. The smallest absolute Gasteiger partial charge is 0.286 e. The van der Waals surface area contributed by atoms with Crippen molar-refractivity contribution >= 4 is 39.0 Å². The van der Waals surface area contributed by atoms with Crippen molar-refractivity contribution in [1.29, 1.82) is 0 Å². The molecule has 3 heterocycles. The van der Waals surface area contributed by atoms with Gasteiger partial charge in [-0.1, -0.05) is 36.7 Å². The summed E-state index contributed by atoms with van der Waals surface area (Å²) in [5.41, 5.74) is 3.58. The molecule has 2 amide bonds. The van der Waals surface area contributed by atoms with Crippen molar-refractivity contribution in [3.05, 3.63) is 88.2 Å². The number of aryl methyl sites for hydroxylation is 1. The van der Waals surface area contributed by atoms with Gasteiger partial charge in [-0.2, -0.15) is 5.10 Å². The molecule has 3 aromatic rings. The molecule has 1 aromatic heterocycles. The summed E-state index contributed by atoms with van der Waals surface area (Å²) in [6.45, 7) is 4.81. The minimum atomic E-state index is -3.55. The maximum absolute atomic E-state index is 14.6. The van der Waals surface area contributed by atoms with Crippen molar-refractivity contribution in [2.75, 3.05) is 51.2 Å². The zero-order chi connectivity index (χ0) is 36.5. The van der Waals surface area contributed by atoms with E-state index in [2.05, 4.69) is 43.4 Å². The van der Waals surface area contributed by atoms with Crippen molar-refractivity contribution in [2.45, 2.75) is 63.5 Å². The van der Waals surface area contributed by atoms with Gasteiger partial charge in [-0.25, -0.2) is 4.21 Å². The number of amides is 2. The number of hydrogen-bond acceptors (Lipinski definition) is 8. The molecule has 0 unspecified atom stereocenters. The van der Waals surface area contributed by atoms with Crippen LogP contribution in [0.15, 0.2) is 65.3 Å². The van der Waals surface area contributed by atoms with E-state index in [1.165, 1.54) is 17.3 Å². The third kappa shape index (κ3) is 7.67. The van der Waals surface area contributed by atoms with Crippen molar-refractivity contribution in [2.24, 2.45) is 22.1 Å². The Bertz CT molecular complexity index is 1970. The normalized spacial score (nSPS) is 29.5. The third-order valence-electron chi connectivity index (χ3n) is 11.2. The van der Waals surface area contributed by atoms with Crippen LogP contribution in [0.4, 0.5) is 5.69 Å². The lowest BCUT2D eigenvalue weighted by molar-refractivity contribution is 0.0131. The van der Waals surface area contributed by atoms with E-state index >= 15 is 0 Å². The predicted octanol–water partition coefficient (Wildman–Crippen LogP) is 6.25. The third-order valence-corrected chi connectivity index (χ3v) is 13.4. The lowest BCUT2D eigenvalue weighted by atomic mass is 9.68. The monoisotopic (exact) mass is 749 g/mol. The Morgan fingerprint density at radius 1 is 1.19 bits per heavy atom. The second-order valence-corrected chi connectivity index (χ2v) is 17.3. The van der Waals surface area contributed by atoms with E-state index in [0.29, 0.717) is 50.3 Å². The van der Waals surface area contributed by atoms with E-state index in [0.717, 1.165) is 49.4 Å². The molecule has 6 atom stereocenters. The molecule has 4 aliphatic rings. The molecular formula is C39H48ClN5O6S. The minimum absolute atomic E-state index is 0.0115. The van der Waals surface area contributed by atoms with Crippen LogP contribution in [0.1, 0.15) is 70.9 Å². The number of aromatic nitrogens is 2. The van der Waals surface area contributed by atoms with Gasteiger partial charge in [0.25, 0.3) is 11.8 Å². The Balaban J connectivity index is 1.27. The second kappa shape index (κ2) is 15.3. The highest BCUT2D eigenvalue weighted by molar-refractivity contribution is 7.92. The summed E-state index contributed by atoms with van der Waals surface area (Å²) in [6.07, 6.45) is 12.8. The highest BCUT2D eigenvalue weighted by atomic mass is 35.5. The van der Waals surface area contributed by atoms with Gasteiger partial charge < -0.3 is 19.1 Å². The van der Waals surface area contributed by atoms with Gasteiger partial charge in [-0.05, 0) is 97.7 Å². The number of methoxy groups -OCH3 is 2. The van der Waals surface area contributed by atoms with Crippen molar-refractivity contribution in [1.82, 2.24) is 14.5 Å². The van der Waals surface area contributed by atoms with Gasteiger partial charge in [0, 0.05) is 49.5 Å². The molecule has 52 heavy (non-hydrogen) atoms. The number of hydrogen-bond donors (Lipinski definition) is 1. The molecule has 1 fully saturated rings. The van der Waals surface area contributed by atoms with Crippen LogP contribution in [-0.4, -0.2) is 78.2 Å². The molecule has 2 bridgehead atoms. The van der Waals surface area contributed by atoms with Crippen molar-refractivity contribution in [3.8, 4) is 5.75 Å². The van der Waals surface area contributed by atoms with E-state index in [-0.39, 0.29) is 34.3 Å². The molecule has 13 heteroatoms. The van der Waals surface area contributed by atoms with E-state index in [4.69, 9.17) is 25.8 Å². The van der Waals surface area contributed by atoms with Gasteiger partial charge in [0.05, 0.1) is 49.1 Å². The van der Waals surface area contributed by atoms with Crippen LogP contribution in [0.5, 0.6) is 5.75 Å². The van der Waals surface area contributed by atoms with Crippen molar-refractivity contribution < 1.29 is 28.0 Å². The number of rotatable bonds is 6. The fourth-order valence-corrected chi connectivity index (χ4v) is 10.4. The standard InChI is InChI=1S/C39H48ClN5O6S/c1-26-6-4-8-35(50-3)32-12-9-29(32)21-44-24-39(15-5-7-27-18-31(40)11-13-33(27)39)25-51-36-14-10-28(19-34(36)44)37(46)42-52(48,23-26)43-38(47)30-20-41-45(22-30)16-17-49-2/h4,8,10-11,13-14,18-20,22,26,29,32,35H,5-7,9,12,15-17,21,23-25H2,1-3H3,(H,42,43,46,47,48)/b8-4+/t26-,29-,32+,35-,39-,52-/m0/s1. The fourth-order valence-electron chi connectivity index (χ4n) is 8.36. The first-order valence-corrected chi connectivity index (χ1v) is 20.3. The summed E-state index contributed by atoms with van der Waals surface area (Å²) < 4.78 is 40.9. The Hall–Kier alpha value is -3.71. The number of ether oxygens (including phenoxy) is 3. The van der Waals surface area contributed by atoms with E-state index < -0.39 is 21.7 Å². The number of halogens is 1. The highest BCUT2D eigenvalue weighted by Crippen LogP contribution is 2.47. The van der Waals surface area contributed by atoms with Gasteiger partial charge >= 0.3 is 0 Å². The molecule has 1 saturated carbocycles. The first-order chi connectivity index (χ1) is 25.1. The fraction of sp³-hybridized carbons (Fsp3) is 0.513. The Morgan fingerprint density at radius 3 is 2.85 bits per heavy atom. The SMILES string of the molecule is COCCn1cc(C(=O)N[S@@]2(=O)=NC(=O)c3ccc4c(c3)N(C[C@@H]3CC[C@H]3[C@@H](OC)/C=C/C[C@H](C)C2)C[C@@]2(CCCc3cc(Cl)ccc32)CO4)cn1. The number of anilines is 1. The summed E-state index contributed by atoms with van der Waals surface area (Å²) >= 11 is 6.46. The lowest BCUT2D eigenvalue weighted by Gasteiger charge is -2.46. The van der Waals surface area contributed by atoms with Crippen molar-refractivity contribution in [3.63, 3.8) is 0 Å². The number of nitrogens with one attached hydrogen (secondary N) is 1. The first-order valence-electron chi connectivity index (χ1n) is 18.2. The zero-order valence-electron chi connectivity index (χ0n) is 30.1. The van der Waals surface area contributed by atoms with Crippen LogP contribution in [-0.2, 0) is 37.8 Å². The van der Waals surface area contributed by atoms with Crippen LogP contribution in [0, 0.1) is 17.8 Å². The first kappa shape index (κ1) is 36.6. The molecule has 7 rings (SSSR count). The zero-order valence-corrected chi connectivity index (χ0v) is 31.7. The average Bonchev–Trinajstić information content (AvgIpc) is 3.53. The predicted molar refractivity (Wildman–Crippen MR) is 201 cm³/mol. The topological polar surface area (TPSA) is 124 Å². The molecule has 11 nitrogen and oxygen atoms in total. The van der Waals surface area contributed by atoms with Crippen LogP contribution < -0.4 is 14.4 Å². The Labute approximate surface area is 311 Å². The van der Waals surface area contributed by atoms with E-state index in [1.54, 1.807) is 31.2 Å². The Kier molecular flexibility index (Phi) is 10.8. The largest absolute Gasteiger partial charge is 0.490 e. The quantitative estimate of drug-likeness (QED) is 0.294. The molecule has 2 aliphatic heterocycles. The maximum atomic E-state index is 14.6. The molecule has 0 saturated heterocycles. The van der Waals surface area contributed by atoms with Gasteiger partial charge in [0.2, 0.25) is 0 Å². The van der Waals surface area contributed by atoms with Gasteiger partial charge in [-0.15, -0.1) is 4.36 Å². The van der Waals surface area contributed by atoms with Gasteiger partial charge in [-0.3, -0.25) is 19.0 Å². The summed E-state index contributed by atoms with van der Waals surface area (Å²) in [5.74, 6) is -0.0277. The lowest BCUT2D eigenvalue weighted by Crippen LogP contribution is -2.49. The number of carbonyl (C=O) groups excluding carboxylic acids is 2. The number of carbonyl (C=O) groups is 2. The van der Waals surface area contributed by atoms with Crippen LogP contribution in [0.25, 0.3) is 0 Å². The molecule has 2 aromatic carbocycles. The molecule has 0 radical (unpaired) electrons. The van der Waals surface area contributed by atoms with Crippen LogP contribution in [0.2, 0.25) is 5.02 Å². The summed E-state index contributed by atoms with van der Waals surface area (Å²) in [7, 11) is -0.206. The highest BCUT2D eigenvalue weighted by Gasteiger charge is 2.44. The molecule has 1 N–H and O–H groups in total. The molecule has 278 valence electrons. The average molecular weight is 750 g/mol. The summed E-state index contributed by atoms with van der Waals surface area (Å²) in [4.78, 5) is 29.8. The van der Waals surface area contributed by atoms with Crippen LogP contribution >= 0.6 is 11.6 Å². The second-order valence-electron chi connectivity index (χ2n) is 14.9. The van der Waals surface area contributed by atoms with Crippen LogP contribution in [0.3, 0.4) is 0 Å². The van der Waals surface area contributed by atoms with Gasteiger partial charge in [0.1, 0.15) is 15.7 Å². The van der Waals surface area contributed by atoms with E-state index in [9.17, 15) is 13.8 Å². The molecule has 1 spiro atoms. The molecular weight excluding hydrogens is 702 g/mol. The van der Waals surface area contributed by atoms with Gasteiger partial charge in [0.15, 0.2) is 0 Å². The molecule has 2 aliphatic carbocycles. The minimum Gasteiger partial charge on any atom is -0.490 e. The Morgan fingerprint density at radius 2 is 2.06 bits per heavy atom. The summed E-state index contributed by atoms with van der Waals surface area (Å²) in [5, 5.41) is 4.95. The van der Waals surface area contributed by atoms with E-state index in [1.807, 2.05) is 25.1 Å². The number of fused-ring (bicyclic) bond motifs is 4. The number of nitrogens with zero attached hydrogens (tertiary/aromatic N) is 4.